The van der Waals surface area contributed by atoms with E-state index >= 15 is 0 Å². The second kappa shape index (κ2) is 8.44. The van der Waals surface area contributed by atoms with Gasteiger partial charge in [0.1, 0.15) is 5.69 Å². The van der Waals surface area contributed by atoms with Crippen LogP contribution in [0.15, 0.2) is 42.6 Å². The van der Waals surface area contributed by atoms with E-state index in [0.717, 1.165) is 12.8 Å². The molecular formula is C20H21N3O4. The molecule has 0 atom stereocenters. The fraction of sp³-hybridized carbons (Fsp3) is 0.300. The van der Waals surface area contributed by atoms with Gasteiger partial charge < -0.3 is 15.0 Å². The molecule has 1 N–H and O–H groups in total. The molecular weight excluding hydrogens is 346 g/mol. The highest BCUT2D eigenvalue weighted by Crippen LogP contribution is 2.18. The normalized spacial score (nSPS) is 13.3. The number of carbonyl (C=O) groups is 3. The second-order valence-electron chi connectivity index (χ2n) is 6.15. The van der Waals surface area contributed by atoms with Crippen molar-refractivity contribution in [3.05, 3.63) is 59.4 Å². The zero-order valence-electron chi connectivity index (χ0n) is 15.1. The van der Waals surface area contributed by atoms with Crippen molar-refractivity contribution in [2.24, 2.45) is 0 Å². The number of carbonyl (C=O) groups excluding carboxylic acids is 3. The number of ether oxygens (including phenoxy) is 1. The highest BCUT2D eigenvalue weighted by Gasteiger charge is 2.22. The Morgan fingerprint density at radius 3 is 2.63 bits per heavy atom. The molecule has 2 amide bonds. The van der Waals surface area contributed by atoms with E-state index in [0.29, 0.717) is 24.3 Å². The monoisotopic (exact) mass is 367 g/mol. The molecule has 1 saturated heterocycles. The Morgan fingerprint density at radius 1 is 1.15 bits per heavy atom. The molecule has 7 nitrogen and oxygen atoms in total. The van der Waals surface area contributed by atoms with Gasteiger partial charge in [-0.3, -0.25) is 14.6 Å². The molecule has 1 aliphatic rings. The number of aromatic nitrogens is 1. The fourth-order valence-corrected chi connectivity index (χ4v) is 2.94. The van der Waals surface area contributed by atoms with Gasteiger partial charge in [0, 0.05) is 24.8 Å². The third-order valence-electron chi connectivity index (χ3n) is 4.31. The summed E-state index contributed by atoms with van der Waals surface area (Å²) in [6.45, 7) is 3.39. The summed E-state index contributed by atoms with van der Waals surface area (Å²) in [7, 11) is 0. The Kier molecular flexibility index (Phi) is 5.80. The lowest BCUT2D eigenvalue weighted by Gasteiger charge is -2.15. The maximum atomic E-state index is 12.6. The summed E-state index contributed by atoms with van der Waals surface area (Å²) in [5.74, 6) is -1.10. The molecule has 1 aromatic heterocycles. The molecule has 3 rings (SSSR count). The van der Waals surface area contributed by atoms with E-state index in [1.54, 1.807) is 36.1 Å². The van der Waals surface area contributed by atoms with Crippen LogP contribution in [-0.4, -0.2) is 47.4 Å². The van der Waals surface area contributed by atoms with Crippen molar-refractivity contribution >= 4 is 23.5 Å². The topological polar surface area (TPSA) is 88.6 Å². The van der Waals surface area contributed by atoms with Gasteiger partial charge in [0.05, 0.1) is 17.9 Å². The molecule has 0 radical (unpaired) electrons. The van der Waals surface area contributed by atoms with Gasteiger partial charge in [0.15, 0.2) is 0 Å². The number of nitrogens with one attached hydrogen (secondary N) is 1. The Labute approximate surface area is 157 Å². The predicted octanol–water partition coefficient (Wildman–Crippen LogP) is 2.75. The number of para-hydroxylation sites is 1. The number of hydrogen-bond donors (Lipinski definition) is 1. The van der Waals surface area contributed by atoms with Gasteiger partial charge in [-0.15, -0.1) is 0 Å². The smallest absolute Gasteiger partial charge is 0.340 e. The van der Waals surface area contributed by atoms with Crippen LogP contribution < -0.4 is 5.32 Å². The van der Waals surface area contributed by atoms with Crippen molar-refractivity contribution in [3.8, 4) is 0 Å². The van der Waals surface area contributed by atoms with Crippen molar-refractivity contribution in [3.63, 3.8) is 0 Å². The summed E-state index contributed by atoms with van der Waals surface area (Å²) >= 11 is 0. The second-order valence-corrected chi connectivity index (χ2v) is 6.15. The molecule has 7 heteroatoms. The minimum atomic E-state index is -0.506. The predicted molar refractivity (Wildman–Crippen MR) is 99.7 cm³/mol. The van der Waals surface area contributed by atoms with Crippen molar-refractivity contribution < 1.29 is 19.1 Å². The first-order chi connectivity index (χ1) is 13.1. The van der Waals surface area contributed by atoms with E-state index in [2.05, 4.69) is 10.3 Å². The van der Waals surface area contributed by atoms with Gasteiger partial charge in [-0.25, -0.2) is 4.79 Å². The van der Waals surface area contributed by atoms with Crippen LogP contribution in [0.4, 0.5) is 5.69 Å². The Morgan fingerprint density at radius 2 is 1.89 bits per heavy atom. The summed E-state index contributed by atoms with van der Waals surface area (Å²) < 4.78 is 5.01. The van der Waals surface area contributed by atoms with E-state index < -0.39 is 11.9 Å². The minimum Gasteiger partial charge on any atom is -0.462 e. The summed E-state index contributed by atoms with van der Waals surface area (Å²) in [6, 6.07) is 9.63. The van der Waals surface area contributed by atoms with Crippen LogP contribution >= 0.6 is 0 Å². The maximum absolute atomic E-state index is 12.6. The van der Waals surface area contributed by atoms with Crippen molar-refractivity contribution in [2.75, 3.05) is 25.0 Å². The summed E-state index contributed by atoms with van der Waals surface area (Å²) in [5, 5.41) is 2.71. The number of hydrogen-bond acceptors (Lipinski definition) is 5. The SMILES string of the molecule is CCOC(=O)c1ccccc1NC(=O)c1ccnc(C(=O)N2CCCC2)c1. The van der Waals surface area contributed by atoms with E-state index in [4.69, 9.17) is 4.74 Å². The zero-order chi connectivity index (χ0) is 19.2. The van der Waals surface area contributed by atoms with Crippen LogP contribution in [0.1, 0.15) is 51.0 Å². The van der Waals surface area contributed by atoms with Crippen LogP contribution in [0.5, 0.6) is 0 Å². The molecule has 0 bridgehead atoms. The average molecular weight is 367 g/mol. The summed E-state index contributed by atoms with van der Waals surface area (Å²) in [4.78, 5) is 43.0. The number of anilines is 1. The van der Waals surface area contributed by atoms with Gasteiger partial charge in [0.25, 0.3) is 11.8 Å². The molecule has 2 heterocycles. The molecule has 1 aromatic carbocycles. The molecule has 1 fully saturated rings. The van der Waals surface area contributed by atoms with E-state index in [-0.39, 0.29) is 23.8 Å². The molecule has 0 saturated carbocycles. The number of amides is 2. The first kappa shape index (κ1) is 18.6. The number of rotatable bonds is 5. The van der Waals surface area contributed by atoms with Crippen molar-refractivity contribution in [1.29, 1.82) is 0 Å². The lowest BCUT2D eigenvalue weighted by atomic mass is 10.1. The van der Waals surface area contributed by atoms with E-state index in [9.17, 15) is 14.4 Å². The summed E-state index contributed by atoms with van der Waals surface area (Å²) in [5.41, 5.74) is 1.16. The van der Waals surface area contributed by atoms with Crippen LogP contribution in [0.2, 0.25) is 0 Å². The number of esters is 1. The third-order valence-corrected chi connectivity index (χ3v) is 4.31. The molecule has 0 spiro atoms. The van der Waals surface area contributed by atoms with Crippen LogP contribution in [0, 0.1) is 0 Å². The van der Waals surface area contributed by atoms with Gasteiger partial charge in [-0.1, -0.05) is 12.1 Å². The number of likely N-dealkylation sites (tertiary alicyclic amines) is 1. The average Bonchev–Trinajstić information content (AvgIpc) is 3.23. The van der Waals surface area contributed by atoms with Gasteiger partial charge in [-0.2, -0.15) is 0 Å². The van der Waals surface area contributed by atoms with E-state index in [1.807, 2.05) is 0 Å². The molecule has 140 valence electrons. The number of benzene rings is 1. The van der Waals surface area contributed by atoms with Crippen molar-refractivity contribution in [1.82, 2.24) is 9.88 Å². The number of pyridine rings is 1. The molecule has 0 unspecified atom stereocenters. The maximum Gasteiger partial charge on any atom is 0.340 e. The lowest BCUT2D eigenvalue weighted by Crippen LogP contribution is -2.28. The minimum absolute atomic E-state index is 0.172. The van der Waals surface area contributed by atoms with Crippen LogP contribution in [0.3, 0.4) is 0 Å². The molecule has 2 aromatic rings. The highest BCUT2D eigenvalue weighted by molar-refractivity contribution is 6.08. The molecule has 27 heavy (non-hydrogen) atoms. The van der Waals surface area contributed by atoms with Crippen LogP contribution in [0.25, 0.3) is 0 Å². The van der Waals surface area contributed by atoms with Crippen LogP contribution in [-0.2, 0) is 4.74 Å². The van der Waals surface area contributed by atoms with Gasteiger partial charge in [-0.05, 0) is 44.0 Å². The molecule has 0 aliphatic carbocycles. The Bertz CT molecular complexity index is 860. The number of nitrogens with zero attached hydrogens (tertiary/aromatic N) is 2. The summed E-state index contributed by atoms with van der Waals surface area (Å²) in [6.07, 6.45) is 3.41. The first-order valence-corrected chi connectivity index (χ1v) is 8.93. The third kappa shape index (κ3) is 4.31. The zero-order valence-corrected chi connectivity index (χ0v) is 15.1. The van der Waals surface area contributed by atoms with Crippen molar-refractivity contribution in [2.45, 2.75) is 19.8 Å². The Balaban J connectivity index is 1.78. The largest absolute Gasteiger partial charge is 0.462 e. The standard InChI is InChI=1S/C20H21N3O4/c1-2-27-20(26)15-7-3-4-8-16(15)22-18(24)14-9-10-21-17(13-14)19(25)23-11-5-6-12-23/h3-4,7-10,13H,2,5-6,11-12H2,1H3,(H,22,24). The Hall–Kier alpha value is -3.22. The quantitative estimate of drug-likeness (QED) is 0.821. The van der Waals surface area contributed by atoms with E-state index in [1.165, 1.54) is 18.3 Å². The fourth-order valence-electron chi connectivity index (χ4n) is 2.94. The van der Waals surface area contributed by atoms with Gasteiger partial charge in [0.2, 0.25) is 0 Å². The van der Waals surface area contributed by atoms with Gasteiger partial charge >= 0.3 is 5.97 Å². The first-order valence-electron chi connectivity index (χ1n) is 8.93. The molecule has 1 aliphatic heterocycles. The lowest BCUT2D eigenvalue weighted by molar-refractivity contribution is 0.0527. The highest BCUT2D eigenvalue weighted by atomic mass is 16.5.